The van der Waals surface area contributed by atoms with Crippen LogP contribution in [0.25, 0.3) is 11.2 Å². The molecule has 18 atom stereocenters. The van der Waals surface area contributed by atoms with Gasteiger partial charge >= 0.3 is 39.4 Å². The van der Waals surface area contributed by atoms with Crippen LogP contribution in [0.4, 0.5) is 23.3 Å². The largest absolute Gasteiger partial charge is 0.472 e. The Morgan fingerprint density at radius 3 is 1.39 bits per heavy atom. The van der Waals surface area contributed by atoms with Crippen molar-refractivity contribution >= 4 is 68.6 Å². The molecule has 0 saturated carbocycles. The number of aromatic nitrogens is 10. The number of fused-ring (bicyclic) bond motifs is 1. The van der Waals surface area contributed by atoms with Crippen LogP contribution in [-0.2, 0) is 105 Å². The summed E-state index contributed by atoms with van der Waals surface area (Å²) in [6, 6.07) is 0. The Hall–Kier alpha value is -5.38. The summed E-state index contributed by atoms with van der Waals surface area (Å²) < 4.78 is 139. The monoisotopic (exact) mass is 1460 g/mol. The van der Waals surface area contributed by atoms with Crippen LogP contribution < -0.4 is 40.0 Å². The molecule has 5 aromatic rings. The van der Waals surface area contributed by atoms with Crippen molar-refractivity contribution < 1.29 is 113 Å². The summed E-state index contributed by atoms with van der Waals surface area (Å²) in [7, 11) is -5.39. The average Bonchev–Trinajstić information content (AvgIpc) is 1.47. The number of nitrogen functional groups attached to an aromatic ring is 4. The summed E-state index contributed by atoms with van der Waals surface area (Å²) in [5.41, 5.74) is 22.7. The molecule has 5 aromatic heterocycles. The van der Waals surface area contributed by atoms with E-state index in [1.165, 1.54) is 69.4 Å². The van der Waals surface area contributed by atoms with Crippen molar-refractivity contribution in [3.8, 4) is 0 Å². The minimum absolute atomic E-state index is 0.00756. The van der Waals surface area contributed by atoms with E-state index in [0.717, 1.165) is 15.5 Å². The van der Waals surface area contributed by atoms with Gasteiger partial charge in [-0.15, -0.1) is 0 Å². The van der Waals surface area contributed by atoms with Crippen LogP contribution in [0.2, 0.25) is 0 Å². The van der Waals surface area contributed by atoms with Gasteiger partial charge in [-0.2, -0.15) is 15.0 Å². The number of rotatable bonds is 36. The van der Waals surface area contributed by atoms with E-state index >= 15 is 0 Å². The average molecular weight is 1460 g/mol. The predicted molar refractivity (Wildman–Crippen MR) is 335 cm³/mol. The van der Waals surface area contributed by atoms with E-state index in [1.54, 1.807) is 13.8 Å². The highest BCUT2D eigenvalue weighted by molar-refractivity contribution is 8.07. The Morgan fingerprint density at radius 2 is 0.928 bits per heavy atom. The maximum absolute atomic E-state index is 14.8. The molecule has 0 bridgehead atoms. The number of imidazole rings is 1. The number of aryl methyl sites for hydroxylation is 3. The number of methoxy groups -OCH3 is 4. The van der Waals surface area contributed by atoms with Gasteiger partial charge in [0, 0.05) is 70.1 Å². The zero-order valence-corrected chi connectivity index (χ0v) is 56.9. The van der Waals surface area contributed by atoms with Crippen LogP contribution in [0.1, 0.15) is 48.0 Å². The zero-order valence-electron chi connectivity index (χ0n) is 53.4. The summed E-state index contributed by atoms with van der Waals surface area (Å²) in [6.07, 6.45) is -15.2. The molecule has 4 aliphatic rings. The van der Waals surface area contributed by atoms with Crippen LogP contribution in [0, 0.1) is 20.8 Å². The highest BCUT2D eigenvalue weighted by atomic mass is 32.5. The Bertz CT molecular complexity index is 3820. The van der Waals surface area contributed by atoms with Gasteiger partial charge < -0.3 is 104 Å². The molecule has 0 spiro atoms. The Balaban J connectivity index is 1.00. The van der Waals surface area contributed by atoms with E-state index in [0.29, 0.717) is 11.1 Å². The van der Waals surface area contributed by atoms with Crippen molar-refractivity contribution in [1.82, 2.24) is 48.2 Å². The van der Waals surface area contributed by atoms with Crippen molar-refractivity contribution in [3.05, 3.63) is 79.4 Å². The molecule has 9 heterocycles. The number of phosphoric ester groups is 2. The molecule has 41 nitrogen and oxygen atoms in total. The lowest BCUT2D eigenvalue weighted by Crippen LogP contribution is -2.41. The summed E-state index contributed by atoms with van der Waals surface area (Å²) >= 11 is 5.54. The van der Waals surface area contributed by atoms with E-state index in [9.17, 15) is 43.3 Å². The van der Waals surface area contributed by atoms with E-state index in [-0.39, 0.29) is 99.3 Å². The number of ether oxygens (including phenoxy) is 12. The number of hydrogen-bond acceptors (Lipinski definition) is 35. The van der Waals surface area contributed by atoms with Gasteiger partial charge in [-0.05, 0) is 32.6 Å². The van der Waals surface area contributed by atoms with Crippen LogP contribution in [0.15, 0.2) is 45.6 Å². The number of hydrogen-bond donors (Lipinski definition) is 8. The Labute approximate surface area is 557 Å². The molecular weight excluding hydrogens is 1380 g/mol. The maximum atomic E-state index is 14.8. The fourth-order valence-electron chi connectivity index (χ4n) is 10.8. The summed E-state index contributed by atoms with van der Waals surface area (Å²) in [4.78, 5) is 99.9. The minimum atomic E-state index is -5.64. The predicted octanol–water partition coefficient (Wildman–Crippen LogP) is -1.43. The lowest BCUT2D eigenvalue weighted by atomic mass is 10.1. The number of aliphatic hydroxyl groups excluding tert-OH is 1. The first-order valence-corrected chi connectivity index (χ1v) is 35.4. The fraction of sp³-hybridized carbons (Fsp3) is 0.673. The second-order valence-electron chi connectivity index (χ2n) is 22.2. The molecule has 45 heteroatoms. The van der Waals surface area contributed by atoms with Crippen molar-refractivity contribution in [2.45, 2.75) is 119 Å². The van der Waals surface area contributed by atoms with E-state index in [4.69, 9.17) is 119 Å². The van der Waals surface area contributed by atoms with Gasteiger partial charge in [0.2, 0.25) is 0 Å². The highest BCUT2D eigenvalue weighted by Gasteiger charge is 2.56. The van der Waals surface area contributed by atoms with Crippen molar-refractivity contribution in [2.75, 3.05) is 131 Å². The molecule has 0 aliphatic carbocycles. The quantitative estimate of drug-likeness (QED) is 0.0168. The van der Waals surface area contributed by atoms with Gasteiger partial charge in [0.15, 0.2) is 36.4 Å². The summed E-state index contributed by atoms with van der Waals surface area (Å²) in [5, 5.41) is 10.6. The number of phosphoric acid groups is 2. The Kier molecular flexibility index (Phi) is 26.1. The molecule has 0 aromatic carbocycles. The van der Waals surface area contributed by atoms with Crippen molar-refractivity contribution in [1.29, 1.82) is 0 Å². The molecular formula is C52H79N14O27P3S. The number of anilines is 4. The van der Waals surface area contributed by atoms with Crippen molar-refractivity contribution in [2.24, 2.45) is 0 Å². The molecule has 540 valence electrons. The third-order valence-electron chi connectivity index (χ3n) is 15.6. The number of aliphatic hydroxyl groups is 1. The fourth-order valence-corrected chi connectivity index (χ4v) is 14.2. The van der Waals surface area contributed by atoms with Crippen LogP contribution in [0.5, 0.6) is 0 Å². The molecule has 4 saturated heterocycles. The smallest absolute Gasteiger partial charge is 0.394 e. The lowest BCUT2D eigenvalue weighted by molar-refractivity contribution is -0.0840. The molecule has 0 radical (unpaired) electrons. The van der Waals surface area contributed by atoms with Gasteiger partial charge in [0.1, 0.15) is 90.3 Å². The van der Waals surface area contributed by atoms with Crippen LogP contribution in [-0.4, -0.2) is 243 Å². The Morgan fingerprint density at radius 1 is 0.515 bits per heavy atom. The zero-order chi connectivity index (χ0) is 70.1. The highest BCUT2D eigenvalue weighted by Crippen LogP contribution is 2.55. The molecule has 0 amide bonds. The molecule has 97 heavy (non-hydrogen) atoms. The minimum Gasteiger partial charge on any atom is -0.394 e. The SMILES string of the molecule is COCCOC1C[C@@H](COP(=O)(O)O[C@@H]2C(OCCOC)[C@H](n3cnc4c(N)ncnc43)O[C@@H]2COP(=O)(O)O[C@@H]2C(OCCOC)[C@H](n3cc(C)c(N)nc3=O)O[C@@H]2COP(O)(=S)O[C@@H]2C(OCCOC)[C@H](n3cc(C)c(N)nc3=O)O[C@@H]2CO)O[C@H]1n1cc(C)c(N)nc1=O. The van der Waals surface area contributed by atoms with Crippen molar-refractivity contribution in [3.63, 3.8) is 0 Å². The molecule has 12 N–H and O–H groups in total. The second kappa shape index (κ2) is 33.4. The normalized spacial score (nSPS) is 28.5. The topological polar surface area (TPSA) is 534 Å². The standard InChI is InChI=1S/C52H79N14O27P3S/c1-26-17-63(50(68)60-41(26)53)46-30(80-12-8-76-4)16-29(87-46)21-84-94(71,72)91-36-32(90-49(40(36)83-15-11-79-7)66-25-59-34-44(56)57-24-58-45(34)66)22-85-95(73,74)92-37-33(89-48(39(37)82-14-10-78-6)65-19-28(3)43(55)62-52(65)70)23-86-96(75,97)93-35-31(20-67)88-47(38(35)81-13-9-77-5)64-18-27(2)42(54)61-51(64)69/h17-19,24-25,29-33,35-40,46-49,67H,8-16,20-23H2,1-7H3,(H,71,72)(H,73,74)(H,75,97)(H2,53,60,68)(H2,54,61,69)(H2,55,62,70)(H2,56,57,58)/t29-,30?,31+,32+,33+,35-,36-,37-,38?,39?,40?,46+,47+,48+,49+,96?/m0/s1. The first-order valence-electron chi connectivity index (χ1n) is 29.8. The van der Waals surface area contributed by atoms with Crippen LogP contribution >= 0.6 is 22.4 Å². The van der Waals surface area contributed by atoms with Gasteiger partial charge in [-0.1, -0.05) is 0 Å². The third kappa shape index (κ3) is 18.4. The molecule has 4 aliphatic heterocycles. The van der Waals surface area contributed by atoms with Gasteiger partial charge in [-0.25, -0.2) is 38.5 Å². The van der Waals surface area contributed by atoms with E-state index < -0.39 is 158 Å². The second-order valence-corrected chi connectivity index (χ2v) is 27.8. The van der Waals surface area contributed by atoms with Gasteiger partial charge in [-0.3, -0.25) is 40.9 Å². The first-order chi connectivity index (χ1) is 46.2. The molecule has 4 fully saturated rings. The summed E-state index contributed by atoms with van der Waals surface area (Å²) in [6.45, 7) is -3.75. The van der Waals surface area contributed by atoms with Crippen LogP contribution in [0.3, 0.4) is 0 Å². The van der Waals surface area contributed by atoms with E-state index in [2.05, 4.69) is 29.9 Å². The maximum Gasteiger partial charge on any atom is 0.472 e. The number of nitrogens with zero attached hydrogens (tertiary/aromatic N) is 10. The van der Waals surface area contributed by atoms with E-state index in [1.807, 2.05) is 0 Å². The number of nitrogens with two attached hydrogens (primary N) is 4. The van der Waals surface area contributed by atoms with Gasteiger partial charge in [0.05, 0.1) is 91.7 Å². The molecule has 9 rings (SSSR count). The first kappa shape index (κ1) is 75.8. The summed E-state index contributed by atoms with van der Waals surface area (Å²) in [5.74, 6) is -0.248. The molecule has 7 unspecified atom stereocenters. The van der Waals surface area contributed by atoms with Gasteiger partial charge in [0.25, 0.3) is 0 Å². The lowest BCUT2D eigenvalue weighted by Gasteiger charge is -2.29. The third-order valence-corrected chi connectivity index (χ3v) is 19.1.